The molecule has 1 saturated carbocycles. The van der Waals surface area contributed by atoms with Crippen LogP contribution in [0, 0.1) is 11.3 Å². The van der Waals surface area contributed by atoms with Crippen molar-refractivity contribution in [3.8, 4) is 0 Å². The van der Waals surface area contributed by atoms with Crippen LogP contribution in [0.5, 0.6) is 0 Å². The number of carbonyl (C=O) groups is 1. The van der Waals surface area contributed by atoms with Gasteiger partial charge in [-0.1, -0.05) is 12.8 Å². The third-order valence-electron chi connectivity index (χ3n) is 3.86. The van der Waals surface area contributed by atoms with Gasteiger partial charge in [0.1, 0.15) is 5.41 Å². The third kappa shape index (κ3) is 1.66. The maximum Gasteiger partial charge on any atom is 0.318 e. The Kier molecular flexibility index (Phi) is 2.98. The van der Waals surface area contributed by atoms with Crippen molar-refractivity contribution in [2.24, 2.45) is 17.1 Å². The Balaban J connectivity index is 2.07. The molecule has 2 N–H and O–H groups in total. The lowest BCUT2D eigenvalue weighted by molar-refractivity contribution is -0.190. The second kappa shape index (κ2) is 4.10. The van der Waals surface area contributed by atoms with E-state index in [0.717, 1.165) is 12.8 Å². The Morgan fingerprint density at radius 3 is 2.47 bits per heavy atom. The molecule has 1 aliphatic carbocycles. The van der Waals surface area contributed by atoms with Crippen molar-refractivity contribution >= 4 is 5.97 Å². The molecule has 2 aliphatic rings. The topological polar surface area (TPSA) is 61.5 Å². The van der Waals surface area contributed by atoms with Gasteiger partial charge in [-0.2, -0.15) is 0 Å². The fourth-order valence-electron chi connectivity index (χ4n) is 2.74. The molecule has 0 spiro atoms. The van der Waals surface area contributed by atoms with Gasteiger partial charge >= 0.3 is 5.97 Å². The summed E-state index contributed by atoms with van der Waals surface area (Å²) < 4.78 is 10.0. The number of rotatable bonds is 3. The highest BCUT2D eigenvalue weighted by Crippen LogP contribution is 2.40. The van der Waals surface area contributed by atoms with E-state index in [-0.39, 0.29) is 12.0 Å². The molecule has 0 bridgehead atoms. The summed E-state index contributed by atoms with van der Waals surface area (Å²) in [7, 11) is 1.42. The van der Waals surface area contributed by atoms with Crippen molar-refractivity contribution in [1.82, 2.24) is 0 Å². The molecule has 1 aliphatic heterocycles. The number of esters is 1. The lowest BCUT2D eigenvalue weighted by atomic mass is 9.72. The van der Waals surface area contributed by atoms with Gasteiger partial charge in [-0.15, -0.1) is 0 Å². The van der Waals surface area contributed by atoms with Gasteiger partial charge in [0.2, 0.25) is 0 Å². The first kappa shape index (κ1) is 10.9. The molecule has 1 heterocycles. The van der Waals surface area contributed by atoms with E-state index in [9.17, 15) is 4.79 Å². The summed E-state index contributed by atoms with van der Waals surface area (Å²) >= 11 is 0. The fraction of sp³-hybridized carbons (Fsp3) is 0.909. The summed E-state index contributed by atoms with van der Waals surface area (Å²) in [4.78, 5) is 11.7. The van der Waals surface area contributed by atoms with E-state index >= 15 is 0 Å². The highest BCUT2D eigenvalue weighted by Gasteiger charge is 2.54. The molecule has 15 heavy (non-hydrogen) atoms. The molecule has 0 radical (unpaired) electrons. The quantitative estimate of drug-likeness (QED) is 0.701. The summed E-state index contributed by atoms with van der Waals surface area (Å²) in [5.74, 6) is 0.265. The summed E-state index contributed by atoms with van der Waals surface area (Å²) in [6, 6.07) is -0.0961. The molecular formula is C11H19NO3. The maximum absolute atomic E-state index is 11.7. The van der Waals surface area contributed by atoms with Gasteiger partial charge in [-0.25, -0.2) is 0 Å². The summed E-state index contributed by atoms with van der Waals surface area (Å²) in [6.07, 6.45) is 4.74. The molecule has 0 amide bonds. The van der Waals surface area contributed by atoms with Crippen LogP contribution >= 0.6 is 0 Å². The van der Waals surface area contributed by atoms with Crippen molar-refractivity contribution in [3.05, 3.63) is 0 Å². The van der Waals surface area contributed by atoms with Gasteiger partial charge in [0.25, 0.3) is 0 Å². The van der Waals surface area contributed by atoms with Crippen LogP contribution in [0.2, 0.25) is 0 Å². The molecule has 0 aromatic carbocycles. The monoisotopic (exact) mass is 213 g/mol. The second-order valence-electron chi connectivity index (χ2n) is 4.71. The van der Waals surface area contributed by atoms with Gasteiger partial charge in [0.05, 0.1) is 20.3 Å². The molecule has 1 saturated heterocycles. The van der Waals surface area contributed by atoms with Crippen LogP contribution < -0.4 is 5.73 Å². The Labute approximate surface area is 90.1 Å². The van der Waals surface area contributed by atoms with Crippen molar-refractivity contribution < 1.29 is 14.3 Å². The predicted molar refractivity (Wildman–Crippen MR) is 55.2 cm³/mol. The Hall–Kier alpha value is -0.610. The number of hydrogen-bond acceptors (Lipinski definition) is 4. The largest absolute Gasteiger partial charge is 0.468 e. The second-order valence-corrected chi connectivity index (χ2v) is 4.71. The highest BCUT2D eigenvalue weighted by atomic mass is 16.5. The molecule has 2 rings (SSSR count). The van der Waals surface area contributed by atoms with Gasteiger partial charge in [0, 0.05) is 6.04 Å². The Morgan fingerprint density at radius 2 is 2.07 bits per heavy atom. The third-order valence-corrected chi connectivity index (χ3v) is 3.86. The van der Waals surface area contributed by atoms with E-state index < -0.39 is 5.41 Å². The fourth-order valence-corrected chi connectivity index (χ4v) is 2.74. The zero-order chi connectivity index (χ0) is 10.9. The molecule has 86 valence electrons. The number of methoxy groups -OCH3 is 1. The smallest absolute Gasteiger partial charge is 0.318 e. The first-order valence-corrected chi connectivity index (χ1v) is 5.62. The van der Waals surface area contributed by atoms with Gasteiger partial charge in [0.15, 0.2) is 0 Å². The lowest BCUT2D eigenvalue weighted by Gasteiger charge is -2.44. The van der Waals surface area contributed by atoms with Crippen LogP contribution in [0.15, 0.2) is 0 Å². The average molecular weight is 213 g/mol. The number of carbonyl (C=O) groups excluding carboxylic acids is 1. The van der Waals surface area contributed by atoms with E-state index in [0.29, 0.717) is 19.1 Å². The molecule has 0 aromatic heterocycles. The van der Waals surface area contributed by atoms with Crippen LogP contribution in [-0.2, 0) is 14.3 Å². The van der Waals surface area contributed by atoms with Crippen LogP contribution in [-0.4, -0.2) is 32.3 Å². The maximum atomic E-state index is 11.7. The zero-order valence-electron chi connectivity index (χ0n) is 9.20. The van der Waals surface area contributed by atoms with Gasteiger partial charge < -0.3 is 15.2 Å². The molecule has 1 atom stereocenters. The van der Waals surface area contributed by atoms with Gasteiger partial charge in [-0.3, -0.25) is 4.79 Å². The standard InChI is InChI=1S/C11H19NO3/c1-14-10(13)11(6-15-7-11)9(12)8-4-2-3-5-8/h8-9H,2-7,12H2,1H3. The van der Waals surface area contributed by atoms with Crippen LogP contribution in [0.25, 0.3) is 0 Å². The highest BCUT2D eigenvalue weighted by molar-refractivity contribution is 5.79. The minimum Gasteiger partial charge on any atom is -0.468 e. The van der Waals surface area contributed by atoms with E-state index in [2.05, 4.69) is 0 Å². The summed E-state index contributed by atoms with van der Waals surface area (Å²) in [5, 5.41) is 0. The average Bonchev–Trinajstić information content (AvgIpc) is 2.68. The summed E-state index contributed by atoms with van der Waals surface area (Å²) in [6.45, 7) is 0.856. The predicted octanol–water partition coefficient (Wildman–Crippen LogP) is 0.693. The van der Waals surface area contributed by atoms with Crippen LogP contribution in [0.1, 0.15) is 25.7 Å². The van der Waals surface area contributed by atoms with Crippen molar-refractivity contribution in [2.45, 2.75) is 31.7 Å². The number of ether oxygens (including phenoxy) is 2. The van der Waals surface area contributed by atoms with Crippen LogP contribution in [0.3, 0.4) is 0 Å². The number of nitrogens with two attached hydrogens (primary N) is 1. The molecule has 4 heteroatoms. The lowest BCUT2D eigenvalue weighted by Crippen LogP contribution is -2.62. The molecule has 2 fully saturated rings. The molecule has 0 aromatic rings. The Morgan fingerprint density at radius 1 is 1.47 bits per heavy atom. The van der Waals surface area contributed by atoms with Crippen molar-refractivity contribution in [2.75, 3.05) is 20.3 Å². The first-order chi connectivity index (χ1) is 7.20. The zero-order valence-corrected chi connectivity index (χ0v) is 9.20. The van der Waals surface area contributed by atoms with Gasteiger partial charge in [-0.05, 0) is 18.8 Å². The van der Waals surface area contributed by atoms with E-state index in [4.69, 9.17) is 15.2 Å². The Bertz CT molecular complexity index is 244. The minimum atomic E-state index is -0.552. The van der Waals surface area contributed by atoms with E-state index in [1.165, 1.54) is 20.0 Å². The molecule has 4 nitrogen and oxygen atoms in total. The summed E-state index contributed by atoms with van der Waals surface area (Å²) in [5.41, 5.74) is 5.66. The SMILES string of the molecule is COC(=O)C1(C(N)C2CCCC2)COC1. The normalized spacial score (nSPS) is 27.1. The molecule has 1 unspecified atom stereocenters. The van der Waals surface area contributed by atoms with E-state index in [1.807, 2.05) is 0 Å². The van der Waals surface area contributed by atoms with E-state index in [1.54, 1.807) is 0 Å². The minimum absolute atomic E-state index is 0.0961. The first-order valence-electron chi connectivity index (χ1n) is 5.62. The number of hydrogen-bond donors (Lipinski definition) is 1. The molecular weight excluding hydrogens is 194 g/mol. The van der Waals surface area contributed by atoms with Crippen molar-refractivity contribution in [3.63, 3.8) is 0 Å². The van der Waals surface area contributed by atoms with Crippen molar-refractivity contribution in [1.29, 1.82) is 0 Å². The van der Waals surface area contributed by atoms with Crippen LogP contribution in [0.4, 0.5) is 0 Å².